The van der Waals surface area contributed by atoms with Crippen molar-refractivity contribution in [2.24, 2.45) is 5.92 Å². The Hall–Kier alpha value is -1.30. The second-order valence-electron chi connectivity index (χ2n) is 6.32. The van der Waals surface area contributed by atoms with Crippen LogP contribution in [0.5, 0.6) is 5.75 Å². The van der Waals surface area contributed by atoms with Crippen molar-refractivity contribution in [2.45, 2.75) is 31.9 Å². The molecule has 6 heteroatoms. The number of morpholine rings is 1. The summed E-state index contributed by atoms with van der Waals surface area (Å²) < 4.78 is 5.79. The predicted octanol–water partition coefficient (Wildman–Crippen LogP) is 2.10. The molecule has 0 saturated carbocycles. The van der Waals surface area contributed by atoms with E-state index in [-0.39, 0.29) is 36.1 Å². The Balaban J connectivity index is 0.00000192. The van der Waals surface area contributed by atoms with E-state index < -0.39 is 0 Å². The van der Waals surface area contributed by atoms with Crippen LogP contribution in [0.1, 0.15) is 31.4 Å². The highest BCUT2D eigenvalue weighted by Crippen LogP contribution is 2.27. The van der Waals surface area contributed by atoms with Crippen molar-refractivity contribution in [1.82, 2.24) is 10.2 Å². The summed E-state index contributed by atoms with van der Waals surface area (Å²) in [6, 6.07) is 7.51. The highest BCUT2D eigenvalue weighted by molar-refractivity contribution is 5.85. The van der Waals surface area contributed by atoms with Gasteiger partial charge in [0.15, 0.2) is 0 Å². The van der Waals surface area contributed by atoms with Gasteiger partial charge in [-0.05, 0) is 44.0 Å². The first kappa shape index (κ1) is 18.0. The smallest absolute Gasteiger partial charge is 0.225 e. The molecule has 128 valence electrons. The van der Waals surface area contributed by atoms with Crippen LogP contribution in [0.25, 0.3) is 0 Å². The van der Waals surface area contributed by atoms with Gasteiger partial charge in [0.1, 0.15) is 11.9 Å². The third-order valence-corrected chi connectivity index (χ3v) is 4.59. The number of rotatable bonds is 2. The minimum Gasteiger partial charge on any atom is -0.508 e. The summed E-state index contributed by atoms with van der Waals surface area (Å²) in [5.74, 6) is 0.609. The average molecular weight is 341 g/mol. The van der Waals surface area contributed by atoms with Gasteiger partial charge in [-0.3, -0.25) is 4.79 Å². The number of carbonyl (C=O) groups excluding carboxylic acids is 1. The molecule has 2 saturated heterocycles. The Morgan fingerprint density at radius 1 is 1.43 bits per heavy atom. The van der Waals surface area contributed by atoms with E-state index in [9.17, 15) is 9.90 Å². The number of nitrogens with one attached hydrogen (secondary N) is 1. The molecule has 3 rings (SSSR count). The molecule has 23 heavy (non-hydrogen) atoms. The topological polar surface area (TPSA) is 61.8 Å². The summed E-state index contributed by atoms with van der Waals surface area (Å²) in [4.78, 5) is 14.7. The number of hydrogen-bond acceptors (Lipinski definition) is 4. The zero-order valence-corrected chi connectivity index (χ0v) is 14.2. The summed E-state index contributed by atoms with van der Waals surface area (Å²) in [5.41, 5.74) is 0.927. The average Bonchev–Trinajstić information content (AvgIpc) is 2.54. The van der Waals surface area contributed by atoms with E-state index in [1.165, 1.54) is 0 Å². The van der Waals surface area contributed by atoms with Gasteiger partial charge in [-0.15, -0.1) is 12.4 Å². The molecule has 0 aromatic heterocycles. The van der Waals surface area contributed by atoms with Gasteiger partial charge in [-0.25, -0.2) is 0 Å². The quantitative estimate of drug-likeness (QED) is 0.865. The Labute approximate surface area is 143 Å². The number of phenols is 1. The fourth-order valence-corrected chi connectivity index (χ4v) is 3.39. The van der Waals surface area contributed by atoms with Crippen molar-refractivity contribution in [3.8, 4) is 5.75 Å². The number of amides is 1. The van der Waals surface area contributed by atoms with Crippen molar-refractivity contribution in [3.63, 3.8) is 0 Å². The number of ether oxygens (including phenoxy) is 1. The first-order chi connectivity index (χ1) is 10.6. The van der Waals surface area contributed by atoms with Crippen LogP contribution in [0.3, 0.4) is 0 Å². The molecule has 2 heterocycles. The molecule has 2 aliphatic heterocycles. The molecule has 5 nitrogen and oxygen atoms in total. The number of carbonyl (C=O) groups is 1. The molecule has 1 aromatic carbocycles. The molecular formula is C17H25ClN2O3. The molecule has 1 amide bonds. The van der Waals surface area contributed by atoms with Gasteiger partial charge in [-0.1, -0.05) is 12.1 Å². The molecular weight excluding hydrogens is 316 g/mol. The van der Waals surface area contributed by atoms with Crippen molar-refractivity contribution in [2.75, 3.05) is 26.2 Å². The second-order valence-corrected chi connectivity index (χ2v) is 6.32. The maximum atomic E-state index is 12.7. The van der Waals surface area contributed by atoms with Crippen molar-refractivity contribution >= 4 is 18.3 Å². The van der Waals surface area contributed by atoms with Crippen LogP contribution < -0.4 is 5.32 Å². The van der Waals surface area contributed by atoms with Crippen LogP contribution in [0.2, 0.25) is 0 Å². The lowest BCUT2D eigenvalue weighted by atomic mass is 9.91. The first-order valence-corrected chi connectivity index (χ1v) is 8.06. The molecule has 2 fully saturated rings. The first-order valence-electron chi connectivity index (χ1n) is 8.06. The highest BCUT2D eigenvalue weighted by atomic mass is 35.5. The molecule has 0 spiro atoms. The fraction of sp³-hybridized carbons (Fsp3) is 0.588. The normalized spacial score (nSPS) is 28.0. The predicted molar refractivity (Wildman–Crippen MR) is 90.8 cm³/mol. The van der Waals surface area contributed by atoms with Crippen LogP contribution in [-0.2, 0) is 9.53 Å². The van der Waals surface area contributed by atoms with E-state index in [2.05, 4.69) is 12.2 Å². The van der Waals surface area contributed by atoms with E-state index in [0.29, 0.717) is 25.7 Å². The fourth-order valence-electron chi connectivity index (χ4n) is 3.39. The maximum absolute atomic E-state index is 12.7. The number of nitrogens with zero attached hydrogens (tertiary/aromatic N) is 1. The summed E-state index contributed by atoms with van der Waals surface area (Å²) >= 11 is 0. The number of phenolic OH excluding ortho intramolecular Hbond substituents is 1. The van der Waals surface area contributed by atoms with Crippen molar-refractivity contribution in [3.05, 3.63) is 29.8 Å². The standard InChI is InChI=1S/C17H24N2O3.ClH/c1-12-9-14(5-6-18-12)17(21)19-7-8-22-16(11-19)13-3-2-4-15(20)10-13;/h2-4,10,12,14,16,18,20H,5-9,11H2,1H3;1H/t12-,14-,16?;/m0./s1. The van der Waals surface area contributed by atoms with Gasteiger partial charge in [0.25, 0.3) is 0 Å². The maximum Gasteiger partial charge on any atom is 0.225 e. The third-order valence-electron chi connectivity index (χ3n) is 4.59. The minimum absolute atomic E-state index is 0. The van der Waals surface area contributed by atoms with Crippen LogP contribution in [0, 0.1) is 5.92 Å². The lowest BCUT2D eigenvalue weighted by Crippen LogP contribution is -2.48. The van der Waals surface area contributed by atoms with Gasteiger partial charge in [-0.2, -0.15) is 0 Å². The Morgan fingerprint density at radius 2 is 2.26 bits per heavy atom. The monoisotopic (exact) mass is 340 g/mol. The van der Waals surface area contributed by atoms with Crippen LogP contribution in [0.15, 0.2) is 24.3 Å². The number of aromatic hydroxyl groups is 1. The second kappa shape index (κ2) is 7.99. The third kappa shape index (κ3) is 4.37. The Bertz CT molecular complexity index is 540. The number of halogens is 1. The van der Waals surface area contributed by atoms with Crippen molar-refractivity contribution < 1.29 is 14.6 Å². The molecule has 0 bridgehead atoms. The summed E-state index contributed by atoms with van der Waals surface area (Å²) in [6.07, 6.45) is 1.67. The molecule has 1 unspecified atom stereocenters. The number of benzene rings is 1. The van der Waals surface area contributed by atoms with E-state index in [0.717, 1.165) is 24.9 Å². The molecule has 2 N–H and O–H groups in total. The summed E-state index contributed by atoms with van der Waals surface area (Å²) in [5, 5.41) is 13.0. The van der Waals surface area contributed by atoms with Gasteiger partial charge in [0.2, 0.25) is 5.91 Å². The molecule has 2 aliphatic rings. The zero-order valence-electron chi connectivity index (χ0n) is 13.4. The SMILES string of the molecule is C[C@H]1C[C@@H](C(=O)N2CCOC(c3cccc(O)c3)C2)CCN1.Cl. The van der Waals surface area contributed by atoms with Crippen molar-refractivity contribution in [1.29, 1.82) is 0 Å². The molecule has 0 radical (unpaired) electrons. The molecule has 1 aromatic rings. The van der Waals surface area contributed by atoms with E-state index in [4.69, 9.17) is 4.74 Å². The van der Waals surface area contributed by atoms with Gasteiger partial charge in [0, 0.05) is 18.5 Å². The van der Waals surface area contributed by atoms with Crippen LogP contribution in [-0.4, -0.2) is 48.2 Å². The van der Waals surface area contributed by atoms with Gasteiger partial charge in [0.05, 0.1) is 13.2 Å². The number of hydrogen-bond donors (Lipinski definition) is 2. The minimum atomic E-state index is -0.149. The Morgan fingerprint density at radius 3 is 3.00 bits per heavy atom. The van der Waals surface area contributed by atoms with Crippen LogP contribution >= 0.6 is 12.4 Å². The zero-order chi connectivity index (χ0) is 15.5. The van der Waals surface area contributed by atoms with Gasteiger partial charge >= 0.3 is 0 Å². The molecule has 0 aliphatic carbocycles. The van der Waals surface area contributed by atoms with Gasteiger partial charge < -0.3 is 20.1 Å². The molecule has 3 atom stereocenters. The van der Waals surface area contributed by atoms with E-state index in [1.807, 2.05) is 17.0 Å². The summed E-state index contributed by atoms with van der Waals surface area (Å²) in [7, 11) is 0. The van der Waals surface area contributed by atoms with E-state index in [1.54, 1.807) is 12.1 Å². The largest absolute Gasteiger partial charge is 0.508 e. The Kier molecular flexibility index (Phi) is 6.27. The number of piperidine rings is 1. The summed E-state index contributed by atoms with van der Waals surface area (Å²) in [6.45, 7) is 4.83. The highest BCUT2D eigenvalue weighted by Gasteiger charge is 2.32. The lowest BCUT2D eigenvalue weighted by molar-refractivity contribution is -0.144. The van der Waals surface area contributed by atoms with Crippen LogP contribution in [0.4, 0.5) is 0 Å². The lowest BCUT2D eigenvalue weighted by Gasteiger charge is -2.37. The van der Waals surface area contributed by atoms with E-state index >= 15 is 0 Å².